The summed E-state index contributed by atoms with van der Waals surface area (Å²) in [5, 5.41) is 14.3. The van der Waals surface area contributed by atoms with E-state index in [9.17, 15) is 5.21 Å². The van der Waals surface area contributed by atoms with Gasteiger partial charge in [0.15, 0.2) is 6.17 Å². The Morgan fingerprint density at radius 1 is 1.00 bits per heavy atom. The fourth-order valence-electron chi connectivity index (χ4n) is 4.18. The quantitative estimate of drug-likeness (QED) is 0.609. The van der Waals surface area contributed by atoms with Crippen LogP contribution < -0.4 is 4.90 Å². The highest BCUT2D eigenvalue weighted by atomic mass is 35.5. The van der Waals surface area contributed by atoms with Crippen LogP contribution in [0.3, 0.4) is 0 Å². The molecule has 1 unspecified atom stereocenters. The van der Waals surface area contributed by atoms with Gasteiger partial charge in [0.05, 0.1) is 13.1 Å². The van der Waals surface area contributed by atoms with Crippen molar-refractivity contribution in [2.75, 3.05) is 44.2 Å². The fourth-order valence-corrected chi connectivity index (χ4v) is 4.38. The normalized spacial score (nSPS) is 21.7. The van der Waals surface area contributed by atoms with E-state index in [4.69, 9.17) is 11.6 Å². The van der Waals surface area contributed by atoms with Crippen LogP contribution in [0, 0.1) is 5.21 Å². The Morgan fingerprint density at radius 2 is 1.69 bits per heavy atom. The maximum Gasteiger partial charge on any atom is 0.225 e. The molecule has 0 saturated carbocycles. The number of quaternary nitrogens is 1. The van der Waals surface area contributed by atoms with Crippen LogP contribution in [0.1, 0.15) is 24.6 Å². The molecule has 0 amide bonds. The predicted molar refractivity (Wildman–Crippen MR) is 103 cm³/mol. The Morgan fingerprint density at radius 3 is 2.35 bits per heavy atom. The molecule has 2 saturated heterocycles. The number of anilines is 1. The van der Waals surface area contributed by atoms with Crippen LogP contribution in [0.2, 0.25) is 5.02 Å². The number of rotatable bonds is 4. The van der Waals surface area contributed by atoms with E-state index >= 15 is 0 Å². The Labute approximate surface area is 159 Å². The summed E-state index contributed by atoms with van der Waals surface area (Å²) in [6, 6.07) is 9.63. The molecule has 7 heteroatoms. The van der Waals surface area contributed by atoms with E-state index in [1.807, 2.05) is 30.3 Å². The van der Waals surface area contributed by atoms with Crippen molar-refractivity contribution >= 4 is 17.5 Å². The van der Waals surface area contributed by atoms with Crippen LogP contribution in [-0.4, -0.2) is 58.8 Å². The number of likely N-dealkylation sites (tertiary alicyclic amines) is 1. The second-order valence-corrected chi connectivity index (χ2v) is 7.54. The molecule has 1 atom stereocenters. The zero-order chi connectivity index (χ0) is 18.0. The molecule has 3 heterocycles. The fraction of sp³-hybridized carbons (Fsp3) is 0.474. The molecule has 0 bridgehead atoms. The van der Waals surface area contributed by atoms with Gasteiger partial charge in [-0.3, -0.25) is 0 Å². The van der Waals surface area contributed by atoms with Crippen molar-refractivity contribution in [1.82, 2.24) is 14.9 Å². The number of benzene rings is 1. The summed E-state index contributed by atoms with van der Waals surface area (Å²) < 4.78 is -0.165. The summed E-state index contributed by atoms with van der Waals surface area (Å²) in [6.07, 6.45) is 5.35. The van der Waals surface area contributed by atoms with Gasteiger partial charge in [-0.2, -0.15) is 0 Å². The second-order valence-electron chi connectivity index (χ2n) is 7.11. The van der Waals surface area contributed by atoms with Gasteiger partial charge in [0.25, 0.3) is 0 Å². The zero-order valence-corrected chi connectivity index (χ0v) is 15.6. The lowest BCUT2D eigenvalue weighted by Crippen LogP contribution is -2.56. The highest BCUT2D eigenvalue weighted by molar-refractivity contribution is 6.30. The summed E-state index contributed by atoms with van der Waals surface area (Å²) in [5.74, 6) is 0.763. The van der Waals surface area contributed by atoms with Gasteiger partial charge in [-0.05, 0) is 18.2 Å². The summed E-state index contributed by atoms with van der Waals surface area (Å²) in [6.45, 7) is 4.63. The largest absolute Gasteiger partial charge is 0.631 e. The van der Waals surface area contributed by atoms with Crippen molar-refractivity contribution in [1.29, 1.82) is 0 Å². The molecule has 0 radical (unpaired) electrons. The van der Waals surface area contributed by atoms with E-state index in [1.54, 1.807) is 12.4 Å². The number of nitrogens with zero attached hydrogens (tertiary/aromatic N) is 5. The average Bonchev–Trinajstić information content (AvgIpc) is 3.10. The lowest BCUT2D eigenvalue weighted by Gasteiger charge is -2.51. The third-order valence-electron chi connectivity index (χ3n) is 5.41. The molecule has 1 aromatic heterocycles. The molecular formula is C19H24ClN5O. The molecule has 4 rings (SSSR count). The molecule has 0 spiro atoms. The standard InChI is InChI=1S/C19H24ClN5O/c20-17-6-3-5-16(15-17)18(25(26)13-1-2-14-25)23-9-11-24(12-10-23)19-21-7-4-8-22-19/h3-8,15,18H,1-2,9-14H2. The van der Waals surface area contributed by atoms with Gasteiger partial charge in [0.1, 0.15) is 0 Å². The van der Waals surface area contributed by atoms with E-state index in [0.717, 1.165) is 50.5 Å². The van der Waals surface area contributed by atoms with Gasteiger partial charge in [0.2, 0.25) is 5.95 Å². The molecule has 26 heavy (non-hydrogen) atoms. The van der Waals surface area contributed by atoms with Crippen molar-refractivity contribution in [3.63, 3.8) is 0 Å². The van der Waals surface area contributed by atoms with E-state index in [2.05, 4.69) is 19.8 Å². The van der Waals surface area contributed by atoms with Gasteiger partial charge in [-0.15, -0.1) is 0 Å². The zero-order valence-electron chi connectivity index (χ0n) is 14.8. The molecule has 2 fully saturated rings. The molecule has 1 aromatic carbocycles. The van der Waals surface area contributed by atoms with Gasteiger partial charge in [-0.25, -0.2) is 14.9 Å². The minimum Gasteiger partial charge on any atom is -0.631 e. The summed E-state index contributed by atoms with van der Waals surface area (Å²) in [5.41, 5.74) is 1.03. The predicted octanol–water partition coefficient (Wildman–Crippen LogP) is 3.06. The van der Waals surface area contributed by atoms with Crippen LogP contribution in [-0.2, 0) is 0 Å². The molecule has 2 aliphatic heterocycles. The smallest absolute Gasteiger partial charge is 0.225 e. The van der Waals surface area contributed by atoms with Crippen molar-refractivity contribution in [2.24, 2.45) is 0 Å². The first kappa shape index (κ1) is 17.7. The lowest BCUT2D eigenvalue weighted by atomic mass is 10.1. The van der Waals surface area contributed by atoms with Crippen LogP contribution >= 0.6 is 11.6 Å². The summed E-state index contributed by atoms with van der Waals surface area (Å²) in [7, 11) is 0. The SMILES string of the molecule is [O-][N+]1(C(c2cccc(Cl)c2)N2CCN(c3ncccn3)CC2)CCCC1. The van der Waals surface area contributed by atoms with E-state index in [1.165, 1.54) is 0 Å². The van der Waals surface area contributed by atoms with Gasteiger partial charge in [0, 0.05) is 62.0 Å². The Balaban J connectivity index is 1.56. The second kappa shape index (κ2) is 7.48. The van der Waals surface area contributed by atoms with Crippen molar-refractivity contribution < 1.29 is 4.65 Å². The van der Waals surface area contributed by atoms with Crippen LogP contribution in [0.4, 0.5) is 5.95 Å². The molecule has 2 aromatic rings. The number of halogens is 1. The number of hydrogen-bond donors (Lipinski definition) is 0. The molecule has 0 aliphatic carbocycles. The highest BCUT2D eigenvalue weighted by Crippen LogP contribution is 2.37. The maximum absolute atomic E-state index is 13.6. The van der Waals surface area contributed by atoms with Crippen molar-refractivity contribution in [3.8, 4) is 0 Å². The average molecular weight is 374 g/mol. The molecular weight excluding hydrogens is 350 g/mol. The molecule has 0 N–H and O–H groups in total. The summed E-state index contributed by atoms with van der Waals surface area (Å²) in [4.78, 5) is 13.2. The van der Waals surface area contributed by atoms with E-state index < -0.39 is 0 Å². The van der Waals surface area contributed by atoms with Crippen LogP contribution in [0.5, 0.6) is 0 Å². The molecule has 6 nitrogen and oxygen atoms in total. The molecule has 138 valence electrons. The number of piperazine rings is 1. The molecule has 2 aliphatic rings. The van der Waals surface area contributed by atoms with Crippen molar-refractivity contribution in [2.45, 2.75) is 19.0 Å². The first-order valence-electron chi connectivity index (χ1n) is 9.25. The van der Waals surface area contributed by atoms with Gasteiger partial charge < -0.3 is 14.8 Å². The first-order chi connectivity index (χ1) is 12.7. The van der Waals surface area contributed by atoms with E-state index in [0.29, 0.717) is 18.1 Å². The Bertz CT molecular complexity index is 730. The van der Waals surface area contributed by atoms with Gasteiger partial charge in [-0.1, -0.05) is 23.7 Å². The monoisotopic (exact) mass is 373 g/mol. The van der Waals surface area contributed by atoms with Gasteiger partial charge >= 0.3 is 0 Å². The van der Waals surface area contributed by atoms with Crippen LogP contribution in [0.15, 0.2) is 42.7 Å². The van der Waals surface area contributed by atoms with Crippen LogP contribution in [0.25, 0.3) is 0 Å². The number of hydroxylamine groups is 3. The summed E-state index contributed by atoms with van der Waals surface area (Å²) >= 11 is 6.23. The van der Waals surface area contributed by atoms with E-state index in [-0.39, 0.29) is 10.8 Å². The number of hydrogen-bond acceptors (Lipinski definition) is 5. The maximum atomic E-state index is 13.6. The lowest BCUT2D eigenvalue weighted by molar-refractivity contribution is -0.913. The minimum atomic E-state index is -0.185. The highest BCUT2D eigenvalue weighted by Gasteiger charge is 2.39. The Hall–Kier alpha value is -1.73. The third kappa shape index (κ3) is 3.55. The first-order valence-corrected chi connectivity index (χ1v) is 9.63. The Kier molecular flexibility index (Phi) is 5.09. The topological polar surface area (TPSA) is 55.3 Å². The van der Waals surface area contributed by atoms with Crippen molar-refractivity contribution in [3.05, 3.63) is 58.5 Å². The minimum absolute atomic E-state index is 0.165. The third-order valence-corrected chi connectivity index (χ3v) is 5.65. The number of aromatic nitrogens is 2.